The van der Waals surface area contributed by atoms with Gasteiger partial charge < -0.3 is 20.2 Å². The van der Waals surface area contributed by atoms with Gasteiger partial charge in [-0.15, -0.1) is 0 Å². The third-order valence-electron chi connectivity index (χ3n) is 4.28. The fourth-order valence-electron chi connectivity index (χ4n) is 2.73. The van der Waals surface area contributed by atoms with Crippen LogP contribution in [0.15, 0.2) is 0 Å². The van der Waals surface area contributed by atoms with Crippen molar-refractivity contribution in [2.75, 3.05) is 53.9 Å². The number of nitrogens with zero attached hydrogens (tertiary/aromatic N) is 2. The van der Waals surface area contributed by atoms with Gasteiger partial charge in [0.1, 0.15) is 0 Å². The molecule has 0 aromatic heterocycles. The fourth-order valence-corrected chi connectivity index (χ4v) is 2.73. The van der Waals surface area contributed by atoms with Gasteiger partial charge in [0.25, 0.3) is 0 Å². The van der Waals surface area contributed by atoms with Crippen LogP contribution >= 0.6 is 0 Å². The average Bonchev–Trinajstić information content (AvgIpc) is 2.74. The van der Waals surface area contributed by atoms with Crippen LogP contribution in [0.2, 0.25) is 0 Å². The van der Waals surface area contributed by atoms with Crippen LogP contribution in [0.5, 0.6) is 0 Å². The summed E-state index contributed by atoms with van der Waals surface area (Å²) in [6.45, 7) is 7.12. The second-order valence-corrected chi connectivity index (χ2v) is 6.25. The van der Waals surface area contributed by atoms with E-state index in [-0.39, 0.29) is 12.1 Å². The number of aliphatic hydroxyl groups excluding tert-OH is 1. The van der Waals surface area contributed by atoms with E-state index in [0.29, 0.717) is 0 Å². The van der Waals surface area contributed by atoms with Gasteiger partial charge in [0.2, 0.25) is 0 Å². The Labute approximate surface area is 112 Å². The van der Waals surface area contributed by atoms with Crippen molar-refractivity contribution in [2.24, 2.45) is 5.92 Å². The molecule has 2 unspecified atom stereocenters. The maximum absolute atomic E-state index is 9.33. The zero-order valence-electron chi connectivity index (χ0n) is 12.6. The molecular formula is C14H31N3O. The van der Waals surface area contributed by atoms with Gasteiger partial charge in [-0.1, -0.05) is 0 Å². The van der Waals surface area contributed by atoms with E-state index in [1.54, 1.807) is 0 Å². The molecule has 1 fully saturated rings. The Balaban J connectivity index is 2.15. The number of aliphatic hydroxyl groups is 1. The van der Waals surface area contributed by atoms with Gasteiger partial charge in [-0.05, 0) is 66.3 Å². The Hall–Kier alpha value is -0.160. The second-order valence-electron chi connectivity index (χ2n) is 6.25. The molecule has 2 N–H and O–H groups in total. The van der Waals surface area contributed by atoms with Gasteiger partial charge >= 0.3 is 0 Å². The van der Waals surface area contributed by atoms with Crippen LogP contribution in [0.25, 0.3) is 0 Å². The lowest BCUT2D eigenvalue weighted by atomic mass is 9.97. The van der Waals surface area contributed by atoms with Gasteiger partial charge in [0, 0.05) is 18.6 Å². The van der Waals surface area contributed by atoms with E-state index < -0.39 is 0 Å². The largest absolute Gasteiger partial charge is 0.394 e. The van der Waals surface area contributed by atoms with E-state index in [1.165, 1.54) is 26.1 Å². The Morgan fingerprint density at radius 2 is 2.22 bits per heavy atom. The first-order valence-corrected chi connectivity index (χ1v) is 7.16. The van der Waals surface area contributed by atoms with Crippen molar-refractivity contribution in [3.05, 3.63) is 0 Å². The van der Waals surface area contributed by atoms with E-state index in [1.807, 2.05) is 7.05 Å². The topological polar surface area (TPSA) is 38.7 Å². The summed E-state index contributed by atoms with van der Waals surface area (Å²) in [5.41, 5.74) is -0.117. The average molecular weight is 257 g/mol. The van der Waals surface area contributed by atoms with Crippen LogP contribution in [0, 0.1) is 5.92 Å². The first kappa shape index (κ1) is 15.9. The van der Waals surface area contributed by atoms with Crippen molar-refractivity contribution >= 4 is 0 Å². The predicted octanol–water partition coefficient (Wildman–Crippen LogP) is 0.621. The molecule has 0 aromatic rings. The Morgan fingerprint density at radius 1 is 1.50 bits per heavy atom. The van der Waals surface area contributed by atoms with Crippen molar-refractivity contribution in [1.82, 2.24) is 15.1 Å². The highest BCUT2D eigenvalue weighted by Gasteiger charge is 2.22. The quantitative estimate of drug-likeness (QED) is 0.669. The summed E-state index contributed by atoms with van der Waals surface area (Å²) in [6.07, 6.45) is 3.50. The minimum absolute atomic E-state index is 0.117. The molecule has 1 rings (SSSR count). The molecular weight excluding hydrogens is 226 g/mol. The first-order valence-electron chi connectivity index (χ1n) is 7.16. The lowest BCUT2D eigenvalue weighted by molar-refractivity contribution is 0.164. The SMILES string of the molecule is CNC(C)(CO)CCCN(C)CC1CCN(C)C1. The lowest BCUT2D eigenvalue weighted by Crippen LogP contribution is -2.43. The minimum Gasteiger partial charge on any atom is -0.394 e. The van der Waals surface area contributed by atoms with Gasteiger partial charge in [0.05, 0.1) is 6.61 Å². The number of rotatable bonds is 8. The van der Waals surface area contributed by atoms with Crippen LogP contribution in [0.3, 0.4) is 0 Å². The molecule has 0 spiro atoms. The summed E-state index contributed by atoms with van der Waals surface area (Å²) < 4.78 is 0. The van der Waals surface area contributed by atoms with Gasteiger partial charge in [-0.3, -0.25) is 0 Å². The molecule has 1 heterocycles. The highest BCUT2D eigenvalue weighted by molar-refractivity contribution is 4.81. The molecule has 2 atom stereocenters. The Morgan fingerprint density at radius 3 is 2.72 bits per heavy atom. The van der Waals surface area contributed by atoms with Gasteiger partial charge in [0.15, 0.2) is 0 Å². The van der Waals surface area contributed by atoms with Gasteiger partial charge in [-0.2, -0.15) is 0 Å². The standard InChI is InChI=1S/C14H31N3O/c1-14(12-18,15-2)7-5-8-16(3)10-13-6-9-17(4)11-13/h13,15,18H,5-12H2,1-4H3. The van der Waals surface area contributed by atoms with Gasteiger partial charge in [-0.25, -0.2) is 0 Å². The number of likely N-dealkylation sites (tertiary alicyclic amines) is 1. The number of likely N-dealkylation sites (N-methyl/N-ethyl adjacent to an activating group) is 1. The summed E-state index contributed by atoms with van der Waals surface area (Å²) in [6, 6.07) is 0. The highest BCUT2D eigenvalue weighted by Crippen LogP contribution is 2.16. The molecule has 108 valence electrons. The van der Waals surface area contributed by atoms with Crippen molar-refractivity contribution in [2.45, 2.75) is 31.7 Å². The molecule has 1 saturated heterocycles. The zero-order chi connectivity index (χ0) is 13.6. The molecule has 4 nitrogen and oxygen atoms in total. The third-order valence-corrected chi connectivity index (χ3v) is 4.28. The van der Waals surface area contributed by atoms with Crippen LogP contribution < -0.4 is 5.32 Å². The second kappa shape index (κ2) is 7.43. The summed E-state index contributed by atoms with van der Waals surface area (Å²) in [7, 11) is 6.35. The molecule has 0 bridgehead atoms. The van der Waals surface area contributed by atoms with Crippen LogP contribution in [-0.4, -0.2) is 74.4 Å². The third kappa shape index (κ3) is 5.22. The number of hydrogen-bond donors (Lipinski definition) is 2. The minimum atomic E-state index is -0.117. The van der Waals surface area contributed by atoms with E-state index in [0.717, 1.165) is 25.3 Å². The van der Waals surface area contributed by atoms with Crippen molar-refractivity contribution in [3.8, 4) is 0 Å². The molecule has 0 radical (unpaired) electrons. The van der Waals surface area contributed by atoms with Crippen molar-refractivity contribution < 1.29 is 5.11 Å². The summed E-state index contributed by atoms with van der Waals surface area (Å²) in [5, 5.41) is 12.5. The number of hydrogen-bond acceptors (Lipinski definition) is 4. The zero-order valence-corrected chi connectivity index (χ0v) is 12.6. The Bertz CT molecular complexity index is 231. The maximum Gasteiger partial charge on any atom is 0.0610 e. The van der Waals surface area contributed by atoms with E-state index in [4.69, 9.17) is 0 Å². The van der Waals surface area contributed by atoms with E-state index in [2.05, 4.69) is 36.1 Å². The highest BCUT2D eigenvalue weighted by atomic mass is 16.3. The van der Waals surface area contributed by atoms with Crippen molar-refractivity contribution in [3.63, 3.8) is 0 Å². The van der Waals surface area contributed by atoms with Crippen LogP contribution in [0.4, 0.5) is 0 Å². The fraction of sp³-hybridized carbons (Fsp3) is 1.00. The smallest absolute Gasteiger partial charge is 0.0610 e. The van der Waals surface area contributed by atoms with Crippen LogP contribution in [0.1, 0.15) is 26.2 Å². The van der Waals surface area contributed by atoms with Crippen molar-refractivity contribution in [1.29, 1.82) is 0 Å². The molecule has 1 aliphatic heterocycles. The molecule has 0 amide bonds. The Kier molecular flexibility index (Phi) is 6.57. The van der Waals surface area contributed by atoms with E-state index in [9.17, 15) is 5.11 Å². The molecule has 4 heteroatoms. The predicted molar refractivity (Wildman–Crippen MR) is 76.9 cm³/mol. The summed E-state index contributed by atoms with van der Waals surface area (Å²) >= 11 is 0. The molecule has 0 saturated carbocycles. The van der Waals surface area contributed by atoms with E-state index >= 15 is 0 Å². The maximum atomic E-state index is 9.33. The molecule has 18 heavy (non-hydrogen) atoms. The summed E-state index contributed by atoms with van der Waals surface area (Å²) in [5.74, 6) is 0.841. The van der Waals surface area contributed by atoms with Crippen LogP contribution in [-0.2, 0) is 0 Å². The number of nitrogens with one attached hydrogen (secondary N) is 1. The molecule has 0 aliphatic carbocycles. The first-order chi connectivity index (χ1) is 8.49. The lowest BCUT2D eigenvalue weighted by Gasteiger charge is -2.28. The normalized spacial score (nSPS) is 24.7. The monoisotopic (exact) mass is 257 g/mol. The molecule has 1 aliphatic rings. The summed E-state index contributed by atoms with van der Waals surface area (Å²) in [4.78, 5) is 4.86. The molecule has 0 aromatic carbocycles.